The predicted molar refractivity (Wildman–Crippen MR) is 100 cm³/mol. The molecule has 3 rings (SSSR count). The number of hydrogen-bond donors (Lipinski definition) is 2. The topological polar surface area (TPSA) is 44.7 Å². The molecule has 3 atom stereocenters. The minimum Gasteiger partial charge on any atom is -0.394 e. The van der Waals surface area contributed by atoms with Crippen molar-refractivity contribution >= 4 is 0 Å². The first kappa shape index (κ1) is 18.1. The molecule has 4 nitrogen and oxygen atoms in total. The zero-order valence-corrected chi connectivity index (χ0v) is 14.8. The summed E-state index contributed by atoms with van der Waals surface area (Å²) < 4.78 is 6.00. The fraction of sp³-hybridized carbons (Fsp3) is 0.429. The van der Waals surface area contributed by atoms with Gasteiger partial charge in [0.25, 0.3) is 0 Å². The number of ether oxygens (including phenoxy) is 1. The average Bonchev–Trinajstić information content (AvgIpc) is 2.67. The number of morpholine rings is 1. The molecule has 0 radical (unpaired) electrons. The summed E-state index contributed by atoms with van der Waals surface area (Å²) in [5.41, 5.74) is 2.44. The van der Waals surface area contributed by atoms with E-state index < -0.39 is 0 Å². The van der Waals surface area contributed by atoms with Crippen LogP contribution in [-0.2, 0) is 11.3 Å². The van der Waals surface area contributed by atoms with E-state index in [-0.39, 0.29) is 24.8 Å². The SMILES string of the molecule is C[C@H](N[C@@H](CO)c1ccccc1)[C@H]1CN(Cc2ccccc2)CCO1. The molecule has 1 aliphatic rings. The Balaban J connectivity index is 1.57. The Morgan fingerprint density at radius 3 is 2.48 bits per heavy atom. The number of aliphatic hydroxyl groups is 1. The first-order chi connectivity index (χ1) is 12.3. The van der Waals surface area contributed by atoms with Gasteiger partial charge in [-0.15, -0.1) is 0 Å². The Hall–Kier alpha value is -1.72. The highest BCUT2D eigenvalue weighted by Gasteiger charge is 2.27. The Labute approximate surface area is 150 Å². The summed E-state index contributed by atoms with van der Waals surface area (Å²) in [5.74, 6) is 0. The molecule has 1 saturated heterocycles. The third-order valence-corrected chi connectivity index (χ3v) is 4.83. The van der Waals surface area contributed by atoms with E-state index in [0.717, 1.165) is 31.8 Å². The molecule has 0 saturated carbocycles. The van der Waals surface area contributed by atoms with E-state index in [9.17, 15) is 5.11 Å². The number of benzene rings is 2. The number of hydrogen-bond acceptors (Lipinski definition) is 4. The van der Waals surface area contributed by atoms with Gasteiger partial charge in [0.2, 0.25) is 0 Å². The van der Waals surface area contributed by atoms with E-state index >= 15 is 0 Å². The Morgan fingerprint density at radius 2 is 1.80 bits per heavy atom. The lowest BCUT2D eigenvalue weighted by molar-refractivity contribution is -0.0486. The lowest BCUT2D eigenvalue weighted by Gasteiger charge is -2.37. The zero-order chi connectivity index (χ0) is 17.5. The lowest BCUT2D eigenvalue weighted by Crippen LogP contribution is -2.51. The summed E-state index contributed by atoms with van der Waals surface area (Å²) in [6, 6.07) is 20.8. The normalized spacial score (nSPS) is 21.0. The zero-order valence-electron chi connectivity index (χ0n) is 14.8. The molecule has 1 aliphatic heterocycles. The maximum absolute atomic E-state index is 9.76. The van der Waals surface area contributed by atoms with Crippen LogP contribution in [0.1, 0.15) is 24.1 Å². The van der Waals surface area contributed by atoms with Gasteiger partial charge in [0, 0.05) is 25.7 Å². The monoisotopic (exact) mass is 340 g/mol. The van der Waals surface area contributed by atoms with E-state index in [4.69, 9.17) is 4.74 Å². The fourth-order valence-electron chi connectivity index (χ4n) is 3.38. The van der Waals surface area contributed by atoms with Crippen LogP contribution in [0.4, 0.5) is 0 Å². The first-order valence-corrected chi connectivity index (χ1v) is 9.06. The Morgan fingerprint density at radius 1 is 1.12 bits per heavy atom. The average molecular weight is 340 g/mol. The third kappa shape index (κ3) is 5.13. The number of aliphatic hydroxyl groups excluding tert-OH is 1. The van der Waals surface area contributed by atoms with E-state index in [0.29, 0.717) is 0 Å². The predicted octanol–water partition coefficient (Wildman–Crippen LogP) is 2.60. The fourth-order valence-corrected chi connectivity index (χ4v) is 3.38. The van der Waals surface area contributed by atoms with Crippen molar-refractivity contribution in [3.63, 3.8) is 0 Å². The van der Waals surface area contributed by atoms with E-state index in [1.165, 1.54) is 5.56 Å². The molecule has 0 unspecified atom stereocenters. The smallest absolute Gasteiger partial charge is 0.0852 e. The van der Waals surface area contributed by atoms with Crippen LogP contribution in [-0.4, -0.2) is 48.5 Å². The summed E-state index contributed by atoms with van der Waals surface area (Å²) in [6.45, 7) is 5.78. The second-order valence-electron chi connectivity index (χ2n) is 6.73. The van der Waals surface area contributed by atoms with Gasteiger partial charge in [-0.3, -0.25) is 4.90 Å². The molecule has 134 valence electrons. The molecule has 0 amide bonds. The van der Waals surface area contributed by atoms with Gasteiger partial charge in [0.1, 0.15) is 0 Å². The molecule has 0 spiro atoms. The Kier molecular flexibility index (Phi) is 6.59. The van der Waals surface area contributed by atoms with E-state index in [1.54, 1.807) is 0 Å². The molecule has 4 heteroatoms. The van der Waals surface area contributed by atoms with Gasteiger partial charge in [-0.2, -0.15) is 0 Å². The summed E-state index contributed by atoms with van der Waals surface area (Å²) in [4.78, 5) is 2.44. The lowest BCUT2D eigenvalue weighted by atomic mass is 10.0. The van der Waals surface area contributed by atoms with E-state index in [2.05, 4.69) is 47.5 Å². The molecule has 25 heavy (non-hydrogen) atoms. The van der Waals surface area contributed by atoms with Crippen LogP contribution in [0.25, 0.3) is 0 Å². The second-order valence-corrected chi connectivity index (χ2v) is 6.73. The van der Waals surface area contributed by atoms with E-state index in [1.807, 2.05) is 30.3 Å². The molecular formula is C21H28N2O2. The highest BCUT2D eigenvalue weighted by Crippen LogP contribution is 2.17. The number of nitrogens with zero attached hydrogens (tertiary/aromatic N) is 1. The van der Waals surface area contributed by atoms with Crippen molar-refractivity contribution in [3.05, 3.63) is 71.8 Å². The summed E-state index contributed by atoms with van der Waals surface area (Å²) in [7, 11) is 0. The van der Waals surface area contributed by atoms with Crippen LogP contribution < -0.4 is 5.32 Å². The molecule has 2 N–H and O–H groups in total. The van der Waals surface area contributed by atoms with Gasteiger partial charge in [0.15, 0.2) is 0 Å². The largest absolute Gasteiger partial charge is 0.394 e. The van der Waals surface area contributed by atoms with Gasteiger partial charge in [-0.25, -0.2) is 0 Å². The van der Waals surface area contributed by atoms with Gasteiger partial charge >= 0.3 is 0 Å². The summed E-state index contributed by atoms with van der Waals surface area (Å²) in [5, 5.41) is 13.3. The van der Waals surface area contributed by atoms with Crippen molar-refractivity contribution < 1.29 is 9.84 Å². The second kappa shape index (κ2) is 9.11. The van der Waals surface area contributed by atoms with Crippen molar-refractivity contribution in [3.8, 4) is 0 Å². The van der Waals surface area contributed by atoms with Crippen LogP contribution in [0.2, 0.25) is 0 Å². The number of nitrogens with one attached hydrogen (secondary N) is 1. The van der Waals surface area contributed by atoms with Crippen LogP contribution in [0.5, 0.6) is 0 Å². The van der Waals surface area contributed by atoms with Crippen LogP contribution in [0.3, 0.4) is 0 Å². The van der Waals surface area contributed by atoms with Gasteiger partial charge in [0.05, 0.1) is 25.4 Å². The van der Waals surface area contributed by atoms with Gasteiger partial charge in [-0.05, 0) is 18.1 Å². The molecule has 1 heterocycles. The minimum absolute atomic E-state index is 0.0655. The van der Waals surface area contributed by atoms with Gasteiger partial charge in [-0.1, -0.05) is 60.7 Å². The van der Waals surface area contributed by atoms with Crippen molar-refractivity contribution in [2.75, 3.05) is 26.3 Å². The molecule has 0 bridgehead atoms. The number of rotatable bonds is 7. The third-order valence-electron chi connectivity index (χ3n) is 4.83. The highest BCUT2D eigenvalue weighted by molar-refractivity contribution is 5.19. The van der Waals surface area contributed by atoms with Crippen molar-refractivity contribution in [1.29, 1.82) is 0 Å². The quantitative estimate of drug-likeness (QED) is 0.813. The molecular weight excluding hydrogens is 312 g/mol. The first-order valence-electron chi connectivity index (χ1n) is 9.06. The molecule has 0 aliphatic carbocycles. The molecule has 1 fully saturated rings. The molecule has 0 aromatic heterocycles. The van der Waals surface area contributed by atoms with Crippen LogP contribution >= 0.6 is 0 Å². The van der Waals surface area contributed by atoms with Gasteiger partial charge < -0.3 is 15.2 Å². The standard InChI is InChI=1S/C21H28N2O2/c1-17(22-20(16-24)19-10-6-3-7-11-19)21-15-23(12-13-25-21)14-18-8-4-2-5-9-18/h2-11,17,20-22,24H,12-16H2,1H3/t17-,20-,21+/m0/s1. The minimum atomic E-state index is -0.0655. The maximum atomic E-state index is 9.76. The Bertz CT molecular complexity index is 620. The molecule has 2 aromatic carbocycles. The van der Waals surface area contributed by atoms with Crippen molar-refractivity contribution in [2.24, 2.45) is 0 Å². The molecule has 2 aromatic rings. The summed E-state index contributed by atoms with van der Waals surface area (Å²) >= 11 is 0. The highest BCUT2D eigenvalue weighted by atomic mass is 16.5. The van der Waals surface area contributed by atoms with Crippen molar-refractivity contribution in [2.45, 2.75) is 31.7 Å². The summed E-state index contributed by atoms with van der Waals surface area (Å²) in [6.07, 6.45) is 0.121. The van der Waals surface area contributed by atoms with Crippen molar-refractivity contribution in [1.82, 2.24) is 10.2 Å². The maximum Gasteiger partial charge on any atom is 0.0852 e. The van der Waals surface area contributed by atoms with Crippen LogP contribution in [0.15, 0.2) is 60.7 Å². The van der Waals surface area contributed by atoms with Crippen LogP contribution in [0, 0.1) is 0 Å².